The minimum absolute atomic E-state index is 0.188. The van der Waals surface area contributed by atoms with E-state index in [2.05, 4.69) is 27.1 Å². The van der Waals surface area contributed by atoms with E-state index in [1.54, 1.807) is 12.4 Å². The minimum atomic E-state index is -2.94. The van der Waals surface area contributed by atoms with Crippen LogP contribution in [0.3, 0.4) is 0 Å². The molecule has 4 rings (SSSR count). The summed E-state index contributed by atoms with van der Waals surface area (Å²) in [5.41, 5.74) is 3.15. The molecule has 0 N–H and O–H groups in total. The molecule has 1 aliphatic heterocycles. The van der Waals surface area contributed by atoms with E-state index in [1.165, 1.54) is 17.5 Å². The molecule has 1 saturated heterocycles. The second-order valence-corrected chi connectivity index (χ2v) is 6.67. The lowest BCUT2D eigenvalue weighted by atomic mass is 10.1. The number of ether oxygens (including phenoxy) is 2. The summed E-state index contributed by atoms with van der Waals surface area (Å²) in [6.07, 6.45) is 5.04. The Hall–Kier alpha value is -2.37. The van der Waals surface area contributed by atoms with Gasteiger partial charge in [0.1, 0.15) is 18.9 Å². The summed E-state index contributed by atoms with van der Waals surface area (Å²) in [4.78, 5) is 4.45. The molecular formula is C18H18F2N4O2. The van der Waals surface area contributed by atoms with Crippen molar-refractivity contribution >= 4 is 0 Å². The van der Waals surface area contributed by atoms with Crippen molar-refractivity contribution in [3.8, 4) is 23.2 Å². The van der Waals surface area contributed by atoms with Crippen LogP contribution >= 0.6 is 0 Å². The Balaban J connectivity index is 1.43. The Morgan fingerprint density at radius 3 is 2.77 bits per heavy atom. The van der Waals surface area contributed by atoms with Crippen molar-refractivity contribution in [3.63, 3.8) is 0 Å². The van der Waals surface area contributed by atoms with Crippen LogP contribution in [0.2, 0.25) is 0 Å². The normalized spacial score (nSPS) is 19.8. The van der Waals surface area contributed by atoms with Crippen LogP contribution in [0, 0.1) is 24.7 Å². The molecule has 0 bridgehead atoms. The first-order valence-electron chi connectivity index (χ1n) is 8.48. The molecule has 3 heterocycles. The quantitative estimate of drug-likeness (QED) is 0.787. The van der Waals surface area contributed by atoms with Crippen molar-refractivity contribution in [1.29, 1.82) is 0 Å². The maximum atomic E-state index is 13.0. The second-order valence-electron chi connectivity index (χ2n) is 6.67. The average molecular weight is 360 g/mol. The summed E-state index contributed by atoms with van der Waals surface area (Å²) in [5, 5.41) is 8.12. The number of alkyl halides is 2. The molecule has 2 aromatic rings. The van der Waals surface area contributed by atoms with Crippen LogP contribution in [0.5, 0.6) is 0 Å². The second kappa shape index (κ2) is 6.74. The predicted octanol–water partition coefficient (Wildman–Crippen LogP) is 2.42. The molecule has 0 unspecified atom stereocenters. The molecule has 1 saturated carbocycles. The molecule has 26 heavy (non-hydrogen) atoms. The first-order valence-corrected chi connectivity index (χ1v) is 8.48. The smallest absolute Gasteiger partial charge is 0.293 e. The van der Waals surface area contributed by atoms with Gasteiger partial charge in [-0.3, -0.25) is 4.98 Å². The SMILES string of the molecule is Cc1cc(C#CC2CC2)cnc1-c1cn(CC2OCC(F)(F)CO2)nn1. The van der Waals surface area contributed by atoms with E-state index in [1.807, 2.05) is 13.0 Å². The molecule has 2 aromatic heterocycles. The number of hydrogen-bond donors (Lipinski definition) is 0. The molecule has 2 aliphatic rings. The molecule has 1 aliphatic carbocycles. The van der Waals surface area contributed by atoms with E-state index in [0.29, 0.717) is 17.3 Å². The Bertz CT molecular complexity index is 858. The zero-order valence-corrected chi connectivity index (χ0v) is 14.3. The molecular weight excluding hydrogens is 342 g/mol. The highest BCUT2D eigenvalue weighted by molar-refractivity contribution is 5.58. The van der Waals surface area contributed by atoms with Crippen molar-refractivity contribution in [2.75, 3.05) is 13.2 Å². The van der Waals surface area contributed by atoms with Gasteiger partial charge in [0.05, 0.1) is 18.4 Å². The van der Waals surface area contributed by atoms with E-state index in [4.69, 9.17) is 9.47 Å². The van der Waals surface area contributed by atoms with Crippen molar-refractivity contribution in [3.05, 3.63) is 29.6 Å². The number of nitrogens with zero attached hydrogens (tertiary/aromatic N) is 4. The number of aryl methyl sites for hydroxylation is 1. The highest BCUT2D eigenvalue weighted by atomic mass is 19.3. The average Bonchev–Trinajstić information content (AvgIpc) is 3.33. The van der Waals surface area contributed by atoms with E-state index in [-0.39, 0.29) is 6.54 Å². The molecule has 0 spiro atoms. The monoisotopic (exact) mass is 360 g/mol. The number of hydrogen-bond acceptors (Lipinski definition) is 5. The molecule has 8 heteroatoms. The minimum Gasteiger partial charge on any atom is -0.344 e. The Morgan fingerprint density at radius 2 is 2.08 bits per heavy atom. The van der Waals surface area contributed by atoms with E-state index in [0.717, 1.165) is 11.1 Å². The van der Waals surface area contributed by atoms with Gasteiger partial charge in [-0.05, 0) is 31.4 Å². The van der Waals surface area contributed by atoms with Gasteiger partial charge >= 0.3 is 0 Å². The summed E-state index contributed by atoms with van der Waals surface area (Å²) in [6.45, 7) is 0.832. The lowest BCUT2D eigenvalue weighted by molar-refractivity contribution is -0.271. The fraction of sp³-hybridized carbons (Fsp3) is 0.500. The van der Waals surface area contributed by atoms with Gasteiger partial charge in [0.25, 0.3) is 5.92 Å². The lowest BCUT2D eigenvalue weighted by Crippen LogP contribution is -2.42. The molecule has 136 valence electrons. The van der Waals surface area contributed by atoms with Gasteiger partial charge in [-0.25, -0.2) is 13.5 Å². The first kappa shape index (κ1) is 17.1. The van der Waals surface area contributed by atoms with Gasteiger partial charge in [-0.2, -0.15) is 0 Å². The Morgan fingerprint density at radius 1 is 1.31 bits per heavy atom. The van der Waals surface area contributed by atoms with Crippen LogP contribution in [0.15, 0.2) is 18.5 Å². The lowest BCUT2D eigenvalue weighted by Gasteiger charge is -2.28. The van der Waals surface area contributed by atoms with Crippen LogP contribution in [0.25, 0.3) is 11.4 Å². The van der Waals surface area contributed by atoms with E-state index >= 15 is 0 Å². The fourth-order valence-corrected chi connectivity index (χ4v) is 2.60. The number of pyridine rings is 1. The standard InChI is InChI=1S/C18H18F2N4O2/c1-12-6-14(5-4-13-2-3-13)7-21-17(12)15-8-24(23-22-15)9-16-25-10-18(19,20)11-26-16/h6-8,13,16H,2-3,9-11H2,1H3. The van der Waals surface area contributed by atoms with Crippen LogP contribution in [0.4, 0.5) is 8.78 Å². The number of halogens is 2. The third-order valence-electron chi connectivity index (χ3n) is 4.15. The maximum Gasteiger partial charge on any atom is 0.293 e. The van der Waals surface area contributed by atoms with Gasteiger partial charge in [-0.1, -0.05) is 17.1 Å². The topological polar surface area (TPSA) is 62.1 Å². The summed E-state index contributed by atoms with van der Waals surface area (Å²) in [7, 11) is 0. The zero-order chi connectivity index (χ0) is 18.1. The van der Waals surface area contributed by atoms with Gasteiger partial charge in [0.15, 0.2) is 6.29 Å². The molecule has 6 nitrogen and oxygen atoms in total. The highest BCUT2D eigenvalue weighted by Crippen LogP contribution is 2.28. The van der Waals surface area contributed by atoms with Crippen molar-refractivity contribution < 1.29 is 18.3 Å². The first-order chi connectivity index (χ1) is 12.5. The molecule has 0 aromatic carbocycles. The Kier molecular flexibility index (Phi) is 4.42. The largest absolute Gasteiger partial charge is 0.344 e. The van der Waals surface area contributed by atoms with Crippen molar-refractivity contribution in [2.45, 2.75) is 38.5 Å². The summed E-state index contributed by atoms with van der Waals surface area (Å²) < 4.78 is 37.6. The summed E-state index contributed by atoms with van der Waals surface area (Å²) >= 11 is 0. The van der Waals surface area contributed by atoms with Crippen LogP contribution in [-0.4, -0.2) is 45.4 Å². The van der Waals surface area contributed by atoms with Gasteiger partial charge in [-0.15, -0.1) is 5.10 Å². The third kappa shape index (κ3) is 4.06. The fourth-order valence-electron chi connectivity index (χ4n) is 2.60. The number of aromatic nitrogens is 4. The molecule has 2 fully saturated rings. The van der Waals surface area contributed by atoms with E-state index in [9.17, 15) is 8.78 Å². The molecule has 0 amide bonds. The predicted molar refractivity (Wildman–Crippen MR) is 88.2 cm³/mol. The van der Waals surface area contributed by atoms with Crippen molar-refractivity contribution in [1.82, 2.24) is 20.0 Å². The van der Waals surface area contributed by atoms with Gasteiger partial charge < -0.3 is 9.47 Å². The molecule has 0 atom stereocenters. The van der Waals surface area contributed by atoms with Crippen LogP contribution in [-0.2, 0) is 16.0 Å². The highest BCUT2D eigenvalue weighted by Gasteiger charge is 2.37. The Labute approximate surface area is 149 Å². The van der Waals surface area contributed by atoms with Gasteiger partial charge in [0.2, 0.25) is 0 Å². The van der Waals surface area contributed by atoms with Crippen molar-refractivity contribution in [2.24, 2.45) is 5.92 Å². The van der Waals surface area contributed by atoms with Crippen LogP contribution < -0.4 is 0 Å². The van der Waals surface area contributed by atoms with Crippen LogP contribution in [0.1, 0.15) is 24.0 Å². The maximum absolute atomic E-state index is 13.0. The summed E-state index contributed by atoms with van der Waals surface area (Å²) in [6, 6.07) is 1.98. The molecule has 0 radical (unpaired) electrons. The zero-order valence-electron chi connectivity index (χ0n) is 14.3. The summed E-state index contributed by atoms with van der Waals surface area (Å²) in [5.74, 6) is 3.96. The third-order valence-corrected chi connectivity index (χ3v) is 4.15. The van der Waals surface area contributed by atoms with Gasteiger partial charge in [0, 0.05) is 17.7 Å². The number of rotatable bonds is 3. The van der Waals surface area contributed by atoms with E-state index < -0.39 is 25.4 Å².